The second kappa shape index (κ2) is 6.86. The van der Waals surface area contributed by atoms with Gasteiger partial charge in [0.2, 0.25) is 0 Å². The molecule has 5 heteroatoms. The maximum absolute atomic E-state index is 12.7. The Morgan fingerprint density at radius 1 is 1.20 bits per heavy atom. The van der Waals surface area contributed by atoms with Gasteiger partial charge in [0, 0.05) is 16.6 Å². The number of halogens is 3. The number of hydrogen-bond donors (Lipinski definition) is 1. The van der Waals surface area contributed by atoms with Crippen molar-refractivity contribution in [1.82, 2.24) is 5.32 Å². The highest BCUT2D eigenvalue weighted by Gasteiger charge is 2.07. The zero-order valence-electron chi connectivity index (χ0n) is 10.5. The first-order chi connectivity index (χ1) is 9.56. The minimum atomic E-state index is -0.260. The highest BCUT2D eigenvalue weighted by Crippen LogP contribution is 2.23. The smallest absolute Gasteiger partial charge is 0.251 e. The van der Waals surface area contributed by atoms with Gasteiger partial charge in [0.15, 0.2) is 0 Å². The Morgan fingerprint density at radius 3 is 2.55 bits per heavy atom. The van der Waals surface area contributed by atoms with Gasteiger partial charge in [-0.2, -0.15) is 0 Å². The number of carbonyl (C=O) groups excluding carboxylic acids is 1. The first kappa shape index (κ1) is 15.0. The van der Waals surface area contributed by atoms with Gasteiger partial charge in [-0.1, -0.05) is 23.7 Å². The van der Waals surface area contributed by atoms with E-state index >= 15 is 0 Å². The molecule has 2 aromatic rings. The summed E-state index contributed by atoms with van der Waals surface area (Å²) in [5.41, 5.74) is 1.52. The van der Waals surface area contributed by atoms with Crippen molar-refractivity contribution in [1.29, 1.82) is 0 Å². The van der Waals surface area contributed by atoms with E-state index in [0.717, 1.165) is 5.56 Å². The van der Waals surface area contributed by atoms with Gasteiger partial charge < -0.3 is 5.32 Å². The van der Waals surface area contributed by atoms with Crippen LogP contribution in [-0.2, 0) is 6.42 Å². The van der Waals surface area contributed by atoms with Crippen molar-refractivity contribution in [3.8, 4) is 0 Å². The Hall–Kier alpha value is -1.39. The maximum atomic E-state index is 12.7. The van der Waals surface area contributed by atoms with Crippen molar-refractivity contribution in [2.24, 2.45) is 0 Å². The molecule has 0 fully saturated rings. The lowest BCUT2D eigenvalue weighted by molar-refractivity contribution is 0.0954. The molecule has 2 nitrogen and oxygen atoms in total. The largest absolute Gasteiger partial charge is 0.352 e. The van der Waals surface area contributed by atoms with E-state index < -0.39 is 0 Å². The van der Waals surface area contributed by atoms with Crippen molar-refractivity contribution < 1.29 is 9.18 Å². The number of nitrogens with one attached hydrogen (secondary N) is 1. The summed E-state index contributed by atoms with van der Waals surface area (Å²) in [6, 6.07) is 11.2. The Morgan fingerprint density at radius 2 is 1.90 bits per heavy atom. The summed E-state index contributed by atoms with van der Waals surface area (Å²) < 4.78 is 13.4. The van der Waals surface area contributed by atoms with Gasteiger partial charge in [-0.05, 0) is 58.2 Å². The van der Waals surface area contributed by atoms with E-state index in [1.165, 1.54) is 12.1 Å². The van der Waals surface area contributed by atoms with Crippen LogP contribution in [0.2, 0.25) is 5.02 Å². The lowest BCUT2D eigenvalue weighted by Crippen LogP contribution is -2.25. The van der Waals surface area contributed by atoms with Crippen LogP contribution >= 0.6 is 27.5 Å². The molecule has 0 aromatic heterocycles. The SMILES string of the molecule is O=C(NCCc1ccc(F)cc1)c1ccc(Cl)c(Br)c1. The molecule has 20 heavy (non-hydrogen) atoms. The predicted octanol–water partition coefficient (Wildman–Crippen LogP) is 4.21. The Labute approximate surface area is 130 Å². The maximum Gasteiger partial charge on any atom is 0.251 e. The molecule has 0 bridgehead atoms. The first-order valence-corrected chi connectivity index (χ1v) is 7.21. The van der Waals surface area contributed by atoms with Gasteiger partial charge in [-0.25, -0.2) is 4.39 Å². The molecule has 2 aromatic carbocycles. The van der Waals surface area contributed by atoms with Gasteiger partial charge in [0.05, 0.1) is 5.02 Å². The molecule has 104 valence electrons. The van der Waals surface area contributed by atoms with Gasteiger partial charge in [0.25, 0.3) is 5.91 Å². The normalized spacial score (nSPS) is 10.3. The summed E-state index contributed by atoms with van der Waals surface area (Å²) in [5.74, 6) is -0.423. The number of hydrogen-bond acceptors (Lipinski definition) is 1. The number of amides is 1. The zero-order chi connectivity index (χ0) is 14.5. The topological polar surface area (TPSA) is 29.1 Å². The van der Waals surface area contributed by atoms with Crippen LogP contribution in [0.15, 0.2) is 46.9 Å². The second-order valence-electron chi connectivity index (χ2n) is 4.26. The fourth-order valence-corrected chi connectivity index (χ4v) is 2.21. The molecular weight excluding hydrogens is 345 g/mol. The molecule has 0 aliphatic heterocycles. The van der Waals surface area contributed by atoms with Gasteiger partial charge >= 0.3 is 0 Å². The molecule has 0 aliphatic rings. The highest BCUT2D eigenvalue weighted by molar-refractivity contribution is 9.10. The van der Waals surface area contributed by atoms with Crippen molar-refractivity contribution in [2.45, 2.75) is 6.42 Å². The summed E-state index contributed by atoms with van der Waals surface area (Å²) in [7, 11) is 0. The Bertz CT molecular complexity index is 616. The van der Waals surface area contributed by atoms with Gasteiger partial charge in [0.1, 0.15) is 5.82 Å². The molecule has 0 spiro atoms. The zero-order valence-corrected chi connectivity index (χ0v) is 12.8. The van der Waals surface area contributed by atoms with Crippen LogP contribution in [0.25, 0.3) is 0 Å². The first-order valence-electron chi connectivity index (χ1n) is 6.04. The van der Waals surface area contributed by atoms with Crippen LogP contribution in [0.3, 0.4) is 0 Å². The Kier molecular flexibility index (Phi) is 5.15. The standard InChI is InChI=1S/C15H12BrClFNO/c16-13-9-11(3-6-14(13)17)15(20)19-8-7-10-1-4-12(18)5-2-10/h1-6,9H,7-8H2,(H,19,20). The number of carbonyl (C=O) groups is 1. The van der Waals surface area contributed by atoms with Crippen LogP contribution in [0.4, 0.5) is 4.39 Å². The molecule has 0 heterocycles. The fourth-order valence-electron chi connectivity index (χ4n) is 1.71. The summed E-state index contributed by atoms with van der Waals surface area (Å²) >= 11 is 9.15. The van der Waals surface area contributed by atoms with Crippen molar-refractivity contribution >= 4 is 33.4 Å². The van der Waals surface area contributed by atoms with E-state index in [4.69, 9.17) is 11.6 Å². The Balaban J connectivity index is 1.88. The number of benzene rings is 2. The predicted molar refractivity (Wildman–Crippen MR) is 81.6 cm³/mol. The van der Waals surface area contributed by atoms with E-state index in [0.29, 0.717) is 28.0 Å². The van der Waals surface area contributed by atoms with Gasteiger partial charge in [-0.3, -0.25) is 4.79 Å². The summed E-state index contributed by atoms with van der Waals surface area (Å²) in [5, 5.41) is 3.37. The third-order valence-corrected chi connectivity index (χ3v) is 4.01. The van der Waals surface area contributed by atoms with E-state index in [-0.39, 0.29) is 11.7 Å². The second-order valence-corrected chi connectivity index (χ2v) is 5.52. The van der Waals surface area contributed by atoms with Crippen LogP contribution in [0.5, 0.6) is 0 Å². The minimum Gasteiger partial charge on any atom is -0.352 e. The monoisotopic (exact) mass is 355 g/mol. The van der Waals surface area contributed by atoms with E-state index in [1.54, 1.807) is 30.3 Å². The molecule has 1 amide bonds. The van der Waals surface area contributed by atoms with Crippen molar-refractivity contribution in [3.05, 3.63) is 68.9 Å². The van der Waals surface area contributed by atoms with Crippen molar-refractivity contribution in [3.63, 3.8) is 0 Å². The van der Waals surface area contributed by atoms with Crippen molar-refractivity contribution in [2.75, 3.05) is 6.54 Å². The summed E-state index contributed by atoms with van der Waals surface area (Å²) in [6.45, 7) is 0.491. The summed E-state index contributed by atoms with van der Waals surface area (Å²) in [6.07, 6.45) is 0.654. The molecule has 0 radical (unpaired) electrons. The lowest BCUT2D eigenvalue weighted by atomic mass is 10.1. The lowest BCUT2D eigenvalue weighted by Gasteiger charge is -2.06. The fraction of sp³-hybridized carbons (Fsp3) is 0.133. The average Bonchev–Trinajstić information content (AvgIpc) is 2.44. The van der Waals surface area contributed by atoms with Crippen LogP contribution in [0, 0.1) is 5.82 Å². The highest BCUT2D eigenvalue weighted by atomic mass is 79.9. The molecule has 0 unspecified atom stereocenters. The molecule has 0 saturated carbocycles. The van der Waals surface area contributed by atoms with Gasteiger partial charge in [-0.15, -0.1) is 0 Å². The molecule has 0 atom stereocenters. The quantitative estimate of drug-likeness (QED) is 0.873. The molecule has 0 aliphatic carbocycles. The van der Waals surface area contributed by atoms with Crippen LogP contribution in [-0.4, -0.2) is 12.5 Å². The third kappa shape index (κ3) is 4.05. The van der Waals surface area contributed by atoms with E-state index in [1.807, 2.05) is 0 Å². The summed E-state index contributed by atoms with van der Waals surface area (Å²) in [4.78, 5) is 11.9. The third-order valence-electron chi connectivity index (χ3n) is 2.79. The van der Waals surface area contributed by atoms with Crippen LogP contribution in [0.1, 0.15) is 15.9 Å². The molecular formula is C15H12BrClFNO. The van der Waals surface area contributed by atoms with Crippen LogP contribution < -0.4 is 5.32 Å². The molecule has 1 N–H and O–H groups in total. The molecule has 2 rings (SSSR count). The van der Waals surface area contributed by atoms with E-state index in [9.17, 15) is 9.18 Å². The number of rotatable bonds is 4. The molecule has 0 saturated heterocycles. The van der Waals surface area contributed by atoms with E-state index in [2.05, 4.69) is 21.2 Å². The average molecular weight is 357 g/mol. The minimum absolute atomic E-state index is 0.163.